The van der Waals surface area contributed by atoms with E-state index in [2.05, 4.69) is 51.8 Å². The van der Waals surface area contributed by atoms with Gasteiger partial charge in [0.1, 0.15) is 5.75 Å². The number of methoxy groups -OCH3 is 1. The van der Waals surface area contributed by atoms with Crippen LogP contribution in [0.5, 0.6) is 5.75 Å². The molecule has 1 aromatic rings. The van der Waals surface area contributed by atoms with Gasteiger partial charge in [-0.05, 0) is 55.5 Å². The van der Waals surface area contributed by atoms with Crippen molar-refractivity contribution in [2.45, 2.75) is 46.6 Å². The summed E-state index contributed by atoms with van der Waals surface area (Å²) in [6.45, 7) is 12.2. The number of likely N-dealkylation sites (tertiary alicyclic amines) is 1. The summed E-state index contributed by atoms with van der Waals surface area (Å²) in [6.07, 6.45) is 0.691. The van der Waals surface area contributed by atoms with Crippen molar-refractivity contribution < 1.29 is 9.53 Å². The Kier molecular flexibility index (Phi) is 6.27. The lowest BCUT2D eigenvalue weighted by atomic mass is 9.96. The third kappa shape index (κ3) is 4.29. The van der Waals surface area contributed by atoms with Crippen LogP contribution in [0, 0.1) is 12.8 Å². The normalized spacial score (nSPS) is 18.1. The predicted octanol–water partition coefficient (Wildman–Crippen LogP) is 3.43. The molecule has 1 saturated heterocycles. The average molecular weight is 332 g/mol. The molecule has 1 heterocycles. The fraction of sp³-hybridized carbons (Fsp3) is 0.650. The summed E-state index contributed by atoms with van der Waals surface area (Å²) in [7, 11) is 3.89. The predicted molar refractivity (Wildman–Crippen MR) is 98.5 cm³/mol. The van der Waals surface area contributed by atoms with Crippen LogP contribution in [0.3, 0.4) is 0 Å². The number of rotatable bonds is 7. The fourth-order valence-corrected chi connectivity index (χ4v) is 3.62. The first-order valence-electron chi connectivity index (χ1n) is 8.99. The number of aryl methyl sites for hydroxylation is 1. The fourth-order valence-electron chi connectivity index (χ4n) is 3.62. The molecule has 0 aliphatic carbocycles. The molecule has 1 aliphatic heterocycles. The molecule has 0 spiro atoms. The lowest BCUT2D eigenvalue weighted by molar-refractivity contribution is -0.127. The summed E-state index contributed by atoms with van der Waals surface area (Å²) in [5, 5.41) is 0. The Bertz CT molecular complexity index is 583. The largest absolute Gasteiger partial charge is 0.496 e. The maximum atomic E-state index is 11.9. The van der Waals surface area contributed by atoms with E-state index in [1.807, 2.05) is 4.90 Å². The zero-order valence-corrected chi connectivity index (χ0v) is 16.1. The molecule has 1 unspecified atom stereocenters. The summed E-state index contributed by atoms with van der Waals surface area (Å²) < 4.78 is 5.53. The van der Waals surface area contributed by atoms with Crippen LogP contribution in [-0.4, -0.2) is 49.5 Å². The van der Waals surface area contributed by atoms with E-state index in [1.54, 1.807) is 7.11 Å². The first-order chi connectivity index (χ1) is 11.3. The highest BCUT2D eigenvalue weighted by Crippen LogP contribution is 2.30. The van der Waals surface area contributed by atoms with Crippen LogP contribution in [0.1, 0.15) is 49.8 Å². The first-order valence-corrected chi connectivity index (χ1v) is 8.99. The molecule has 0 N–H and O–H groups in total. The van der Waals surface area contributed by atoms with Crippen molar-refractivity contribution in [1.82, 2.24) is 9.80 Å². The van der Waals surface area contributed by atoms with E-state index in [9.17, 15) is 4.79 Å². The molecule has 4 nitrogen and oxygen atoms in total. The number of benzene rings is 1. The smallest absolute Gasteiger partial charge is 0.222 e. The lowest BCUT2D eigenvalue weighted by Crippen LogP contribution is -2.28. The molecule has 1 amide bonds. The highest BCUT2D eigenvalue weighted by Gasteiger charge is 2.29. The van der Waals surface area contributed by atoms with Gasteiger partial charge < -0.3 is 14.5 Å². The first kappa shape index (κ1) is 18.8. The lowest BCUT2D eigenvalue weighted by Gasteiger charge is -2.23. The van der Waals surface area contributed by atoms with Crippen molar-refractivity contribution in [3.05, 3.63) is 28.8 Å². The van der Waals surface area contributed by atoms with Gasteiger partial charge in [0.15, 0.2) is 0 Å². The molecule has 1 aromatic carbocycles. The monoisotopic (exact) mass is 332 g/mol. The van der Waals surface area contributed by atoms with Gasteiger partial charge >= 0.3 is 0 Å². The standard InChI is InChI=1S/C20H32N2O2/c1-7-22-12-16(9-20(22)23)11-21(5)13-17-10-18(14(2)3)19(24-6)8-15(17)4/h8,10,14,16H,7,9,11-13H2,1-6H3. The highest BCUT2D eigenvalue weighted by molar-refractivity contribution is 5.78. The second-order valence-corrected chi connectivity index (χ2v) is 7.37. The van der Waals surface area contributed by atoms with E-state index in [4.69, 9.17) is 4.74 Å². The van der Waals surface area contributed by atoms with Crippen LogP contribution in [0.15, 0.2) is 12.1 Å². The minimum atomic E-state index is 0.304. The van der Waals surface area contributed by atoms with E-state index < -0.39 is 0 Å². The number of hydrogen-bond donors (Lipinski definition) is 0. The molecule has 0 aromatic heterocycles. The molecule has 0 bridgehead atoms. The quantitative estimate of drug-likeness (QED) is 0.767. The maximum absolute atomic E-state index is 11.9. The van der Waals surface area contributed by atoms with Crippen molar-refractivity contribution in [1.29, 1.82) is 0 Å². The maximum Gasteiger partial charge on any atom is 0.222 e. The van der Waals surface area contributed by atoms with E-state index in [-0.39, 0.29) is 0 Å². The number of amides is 1. The minimum absolute atomic E-state index is 0.304. The van der Waals surface area contributed by atoms with Gasteiger partial charge in [-0.2, -0.15) is 0 Å². The van der Waals surface area contributed by atoms with Gasteiger partial charge in [-0.3, -0.25) is 4.79 Å². The zero-order valence-electron chi connectivity index (χ0n) is 16.1. The van der Waals surface area contributed by atoms with Crippen LogP contribution in [0.25, 0.3) is 0 Å². The molecule has 2 rings (SSSR count). The summed E-state index contributed by atoms with van der Waals surface area (Å²) in [5.41, 5.74) is 3.87. The number of ether oxygens (including phenoxy) is 1. The van der Waals surface area contributed by atoms with Crippen molar-refractivity contribution in [2.24, 2.45) is 5.92 Å². The Balaban J connectivity index is 2.05. The SMILES string of the molecule is CCN1CC(CN(C)Cc2cc(C(C)C)c(OC)cc2C)CC1=O. The highest BCUT2D eigenvalue weighted by atomic mass is 16.5. The van der Waals surface area contributed by atoms with Crippen LogP contribution < -0.4 is 4.74 Å². The molecule has 24 heavy (non-hydrogen) atoms. The molecular formula is C20H32N2O2. The minimum Gasteiger partial charge on any atom is -0.496 e. The summed E-state index contributed by atoms with van der Waals surface area (Å²) >= 11 is 0. The van der Waals surface area contributed by atoms with Gasteiger partial charge in [-0.25, -0.2) is 0 Å². The van der Waals surface area contributed by atoms with Crippen LogP contribution >= 0.6 is 0 Å². The van der Waals surface area contributed by atoms with Gasteiger partial charge in [0.25, 0.3) is 0 Å². The molecule has 1 aliphatic rings. The summed E-state index contributed by atoms with van der Waals surface area (Å²) in [5.74, 6) is 2.17. The third-order valence-corrected chi connectivity index (χ3v) is 5.00. The Morgan fingerprint density at radius 3 is 2.62 bits per heavy atom. The number of hydrogen-bond acceptors (Lipinski definition) is 3. The Hall–Kier alpha value is -1.55. The van der Waals surface area contributed by atoms with Gasteiger partial charge in [0.05, 0.1) is 7.11 Å². The van der Waals surface area contributed by atoms with E-state index in [1.165, 1.54) is 16.7 Å². The number of carbonyl (C=O) groups excluding carboxylic acids is 1. The number of carbonyl (C=O) groups is 1. The van der Waals surface area contributed by atoms with E-state index in [0.29, 0.717) is 24.2 Å². The van der Waals surface area contributed by atoms with Crippen molar-refractivity contribution in [2.75, 3.05) is 33.8 Å². The zero-order chi connectivity index (χ0) is 17.9. The molecule has 1 fully saturated rings. The Labute approximate surface area is 146 Å². The van der Waals surface area contributed by atoms with Crippen molar-refractivity contribution in [3.8, 4) is 5.75 Å². The van der Waals surface area contributed by atoms with E-state index >= 15 is 0 Å². The molecule has 4 heteroatoms. The average Bonchev–Trinajstić information content (AvgIpc) is 2.87. The molecule has 134 valence electrons. The van der Waals surface area contributed by atoms with Gasteiger partial charge in [0.2, 0.25) is 5.91 Å². The third-order valence-electron chi connectivity index (χ3n) is 5.00. The van der Waals surface area contributed by atoms with E-state index in [0.717, 1.165) is 31.9 Å². The Morgan fingerprint density at radius 1 is 1.38 bits per heavy atom. The second-order valence-electron chi connectivity index (χ2n) is 7.37. The summed E-state index contributed by atoms with van der Waals surface area (Å²) in [4.78, 5) is 16.2. The van der Waals surface area contributed by atoms with Gasteiger partial charge in [-0.15, -0.1) is 0 Å². The van der Waals surface area contributed by atoms with Crippen LogP contribution in [0.2, 0.25) is 0 Å². The second kappa shape index (κ2) is 8.02. The Morgan fingerprint density at radius 2 is 2.08 bits per heavy atom. The topological polar surface area (TPSA) is 32.8 Å². The molecule has 0 saturated carbocycles. The van der Waals surface area contributed by atoms with Crippen molar-refractivity contribution in [3.63, 3.8) is 0 Å². The molecular weight excluding hydrogens is 300 g/mol. The van der Waals surface area contributed by atoms with Gasteiger partial charge in [-0.1, -0.05) is 19.9 Å². The number of nitrogens with zero attached hydrogens (tertiary/aromatic N) is 2. The van der Waals surface area contributed by atoms with Crippen LogP contribution in [-0.2, 0) is 11.3 Å². The van der Waals surface area contributed by atoms with Gasteiger partial charge in [0, 0.05) is 32.6 Å². The van der Waals surface area contributed by atoms with Crippen molar-refractivity contribution >= 4 is 5.91 Å². The molecule has 0 radical (unpaired) electrons. The summed E-state index contributed by atoms with van der Waals surface area (Å²) in [6, 6.07) is 4.43. The van der Waals surface area contributed by atoms with Crippen LogP contribution in [0.4, 0.5) is 0 Å². The molecule has 1 atom stereocenters.